The molecule has 8 heteroatoms. The molecule has 0 spiro atoms. The van der Waals surface area contributed by atoms with Gasteiger partial charge in [-0.3, -0.25) is 0 Å². The summed E-state index contributed by atoms with van der Waals surface area (Å²) in [6, 6.07) is 1.03. The molecule has 1 rings (SSSR count). The van der Waals surface area contributed by atoms with Crippen LogP contribution in [-0.4, -0.2) is 37.0 Å². The van der Waals surface area contributed by atoms with Gasteiger partial charge in [-0.15, -0.1) is 0 Å². The molecular weight excluding hydrogens is 290 g/mol. The minimum Gasteiger partial charge on any atom is -0.399 e. The number of sulfonamides is 1. The highest BCUT2D eigenvalue weighted by molar-refractivity contribution is 7.89. The molecule has 0 aliphatic heterocycles. The number of halogens is 2. The van der Waals surface area contributed by atoms with E-state index in [0.717, 1.165) is 16.4 Å². The molecule has 0 radical (unpaired) electrons. The predicted molar refractivity (Wildman–Crippen MR) is 71.5 cm³/mol. The molecule has 114 valence electrons. The van der Waals surface area contributed by atoms with Gasteiger partial charge in [0.25, 0.3) is 0 Å². The van der Waals surface area contributed by atoms with Gasteiger partial charge in [0.1, 0.15) is 11.6 Å². The second kappa shape index (κ2) is 6.47. The first kappa shape index (κ1) is 16.8. The van der Waals surface area contributed by atoms with Crippen molar-refractivity contribution in [3.05, 3.63) is 23.8 Å². The Kier molecular flexibility index (Phi) is 5.43. The SMILES string of the molecule is CC(C)N(CCCO)S(=O)(=O)c1c(F)cc(N)cc1F. The van der Waals surface area contributed by atoms with Crippen molar-refractivity contribution in [3.63, 3.8) is 0 Å². The molecule has 1 aromatic rings. The summed E-state index contributed by atoms with van der Waals surface area (Å²) in [5.74, 6) is -2.45. The third kappa shape index (κ3) is 3.44. The predicted octanol–water partition coefficient (Wildman–Crippen LogP) is 1.33. The fourth-order valence-electron chi connectivity index (χ4n) is 1.83. The van der Waals surface area contributed by atoms with Gasteiger partial charge in [-0.25, -0.2) is 17.2 Å². The molecule has 0 saturated carbocycles. The van der Waals surface area contributed by atoms with E-state index < -0.39 is 32.6 Å². The topological polar surface area (TPSA) is 83.6 Å². The lowest BCUT2D eigenvalue weighted by Crippen LogP contribution is -2.38. The molecule has 3 N–H and O–H groups in total. The van der Waals surface area contributed by atoms with Gasteiger partial charge >= 0.3 is 0 Å². The zero-order valence-electron chi connectivity index (χ0n) is 11.3. The van der Waals surface area contributed by atoms with Gasteiger partial charge in [-0.2, -0.15) is 4.31 Å². The Balaban J connectivity index is 3.34. The summed E-state index contributed by atoms with van der Waals surface area (Å²) < 4.78 is 53.2. The summed E-state index contributed by atoms with van der Waals surface area (Å²) in [4.78, 5) is -1.02. The van der Waals surface area contributed by atoms with Crippen molar-refractivity contribution in [1.29, 1.82) is 0 Å². The average molecular weight is 308 g/mol. The largest absolute Gasteiger partial charge is 0.399 e. The van der Waals surface area contributed by atoms with Crippen molar-refractivity contribution >= 4 is 15.7 Å². The van der Waals surface area contributed by atoms with Crippen LogP contribution < -0.4 is 5.73 Å². The Morgan fingerprint density at radius 1 is 1.30 bits per heavy atom. The lowest BCUT2D eigenvalue weighted by molar-refractivity contribution is 0.258. The molecule has 1 aromatic carbocycles. The molecule has 0 atom stereocenters. The number of rotatable bonds is 6. The van der Waals surface area contributed by atoms with E-state index in [4.69, 9.17) is 10.8 Å². The maximum absolute atomic E-state index is 13.8. The van der Waals surface area contributed by atoms with Crippen LogP contribution >= 0.6 is 0 Å². The first-order valence-corrected chi connectivity index (χ1v) is 7.53. The number of nitrogens with zero attached hydrogens (tertiary/aromatic N) is 1. The fourth-order valence-corrected chi connectivity index (χ4v) is 3.60. The first-order valence-electron chi connectivity index (χ1n) is 6.09. The van der Waals surface area contributed by atoms with Crippen LogP contribution in [0.2, 0.25) is 0 Å². The number of aliphatic hydroxyl groups excluding tert-OH is 1. The van der Waals surface area contributed by atoms with Crippen molar-refractivity contribution in [2.45, 2.75) is 31.2 Å². The van der Waals surface area contributed by atoms with Crippen molar-refractivity contribution in [3.8, 4) is 0 Å². The standard InChI is InChI=1S/C12H18F2N2O3S/c1-8(2)16(4-3-5-17)20(18,19)12-10(13)6-9(15)7-11(12)14/h6-8,17H,3-5,15H2,1-2H3. The second-order valence-corrected chi connectivity index (χ2v) is 6.43. The highest BCUT2D eigenvalue weighted by Gasteiger charge is 2.32. The molecule has 0 heterocycles. The van der Waals surface area contributed by atoms with E-state index in [0.29, 0.717) is 0 Å². The average Bonchev–Trinajstić information content (AvgIpc) is 2.26. The number of hydrogen-bond acceptors (Lipinski definition) is 4. The number of nitrogens with two attached hydrogens (primary N) is 1. The summed E-state index contributed by atoms with van der Waals surface area (Å²) in [5.41, 5.74) is 5.08. The van der Waals surface area contributed by atoms with Gasteiger partial charge in [0.05, 0.1) is 0 Å². The van der Waals surface area contributed by atoms with Crippen LogP contribution in [0.25, 0.3) is 0 Å². The molecule has 20 heavy (non-hydrogen) atoms. The number of hydrogen-bond donors (Lipinski definition) is 2. The van der Waals surface area contributed by atoms with Crippen molar-refractivity contribution in [2.24, 2.45) is 0 Å². The molecule has 0 saturated heterocycles. The molecule has 5 nitrogen and oxygen atoms in total. The molecule has 0 aromatic heterocycles. The van der Waals surface area contributed by atoms with Crippen molar-refractivity contribution in [1.82, 2.24) is 4.31 Å². The number of aliphatic hydroxyl groups is 1. The Morgan fingerprint density at radius 2 is 1.80 bits per heavy atom. The minimum atomic E-state index is -4.33. The van der Waals surface area contributed by atoms with Crippen molar-refractivity contribution < 1.29 is 22.3 Å². The highest BCUT2D eigenvalue weighted by Crippen LogP contribution is 2.26. The fraction of sp³-hybridized carbons (Fsp3) is 0.500. The maximum Gasteiger partial charge on any atom is 0.249 e. The normalized spacial score (nSPS) is 12.3. The van der Waals surface area contributed by atoms with Crippen LogP contribution in [-0.2, 0) is 10.0 Å². The lowest BCUT2D eigenvalue weighted by Gasteiger charge is -2.26. The van der Waals surface area contributed by atoms with Crippen LogP contribution in [0.5, 0.6) is 0 Å². The number of nitrogen functional groups attached to an aromatic ring is 1. The summed E-state index contributed by atoms with van der Waals surface area (Å²) in [6.45, 7) is 2.93. The molecule has 0 aliphatic carbocycles. The van der Waals surface area contributed by atoms with Gasteiger partial charge in [-0.05, 0) is 32.4 Å². The molecule has 0 fully saturated rings. The maximum atomic E-state index is 13.8. The zero-order chi connectivity index (χ0) is 15.5. The second-order valence-electron chi connectivity index (χ2n) is 4.60. The van der Waals surface area contributed by atoms with E-state index >= 15 is 0 Å². The van der Waals surface area contributed by atoms with Gasteiger partial charge in [-0.1, -0.05) is 0 Å². The third-order valence-corrected chi connectivity index (χ3v) is 4.83. The van der Waals surface area contributed by atoms with E-state index in [1.54, 1.807) is 13.8 Å². The van der Waals surface area contributed by atoms with Gasteiger partial charge in [0.15, 0.2) is 4.90 Å². The van der Waals surface area contributed by atoms with E-state index in [1.165, 1.54) is 0 Å². The van der Waals surface area contributed by atoms with E-state index in [1.807, 2.05) is 0 Å². The zero-order valence-corrected chi connectivity index (χ0v) is 12.1. The van der Waals surface area contributed by atoms with Gasteiger partial charge < -0.3 is 10.8 Å². The Hall–Kier alpha value is -1.25. The van der Waals surface area contributed by atoms with Crippen LogP contribution in [0.15, 0.2) is 17.0 Å². The van der Waals surface area contributed by atoms with Gasteiger partial charge in [0, 0.05) is 24.9 Å². The molecule has 0 bridgehead atoms. The van der Waals surface area contributed by atoms with Crippen molar-refractivity contribution in [2.75, 3.05) is 18.9 Å². The first-order chi connectivity index (χ1) is 9.21. The quantitative estimate of drug-likeness (QED) is 0.777. The Bertz CT molecular complexity index is 553. The highest BCUT2D eigenvalue weighted by atomic mass is 32.2. The Labute approximate surface area is 117 Å². The monoisotopic (exact) mass is 308 g/mol. The lowest BCUT2D eigenvalue weighted by atomic mass is 10.3. The van der Waals surface area contributed by atoms with Gasteiger partial charge in [0.2, 0.25) is 10.0 Å². The number of benzene rings is 1. The minimum absolute atomic E-state index is 0.0280. The van der Waals surface area contributed by atoms with Crippen LogP contribution in [0.3, 0.4) is 0 Å². The molecule has 0 amide bonds. The van der Waals surface area contributed by atoms with Crippen LogP contribution in [0, 0.1) is 11.6 Å². The summed E-state index contributed by atoms with van der Waals surface area (Å²) in [6.07, 6.45) is 0.176. The van der Waals surface area contributed by atoms with Crippen LogP contribution in [0.4, 0.5) is 14.5 Å². The molecular formula is C12H18F2N2O3S. The van der Waals surface area contributed by atoms with E-state index in [9.17, 15) is 17.2 Å². The van der Waals surface area contributed by atoms with E-state index in [2.05, 4.69) is 0 Å². The summed E-state index contributed by atoms with van der Waals surface area (Å²) in [5, 5.41) is 8.79. The molecule has 0 aliphatic rings. The van der Waals surface area contributed by atoms with Crippen LogP contribution in [0.1, 0.15) is 20.3 Å². The Morgan fingerprint density at radius 3 is 2.20 bits per heavy atom. The smallest absolute Gasteiger partial charge is 0.249 e. The summed E-state index contributed by atoms with van der Waals surface area (Å²) in [7, 11) is -4.33. The molecule has 0 unspecified atom stereocenters. The van der Waals surface area contributed by atoms with E-state index in [-0.39, 0.29) is 25.3 Å². The summed E-state index contributed by atoms with van der Waals surface area (Å²) >= 11 is 0. The number of anilines is 1. The third-order valence-electron chi connectivity index (χ3n) is 2.70.